The van der Waals surface area contributed by atoms with Crippen molar-refractivity contribution in [2.24, 2.45) is 23.6 Å². The molecule has 0 unspecified atom stereocenters. The highest BCUT2D eigenvalue weighted by atomic mass is 16.6. The van der Waals surface area contributed by atoms with Gasteiger partial charge in [0.2, 0.25) is 11.8 Å². The Morgan fingerprint density at radius 1 is 1.27 bits per heavy atom. The van der Waals surface area contributed by atoms with Crippen LogP contribution < -0.4 is 32.5 Å². The molecule has 10 nitrogen and oxygen atoms in total. The normalized spacial score (nSPS) is 14.3. The van der Waals surface area contributed by atoms with Gasteiger partial charge in [0.15, 0.2) is 0 Å². The fraction of sp³-hybridized carbons (Fsp3) is 0.478. The number of likely N-dealkylation sites (N-methyl/N-ethyl adjacent to an activating group) is 1. The van der Waals surface area contributed by atoms with Crippen LogP contribution in [-0.2, 0) is 4.84 Å². The Morgan fingerprint density at radius 2 is 2.00 bits per heavy atom. The van der Waals surface area contributed by atoms with E-state index in [1.165, 1.54) is 0 Å². The third kappa shape index (κ3) is 9.52. The van der Waals surface area contributed by atoms with Crippen molar-refractivity contribution < 1.29 is 9.57 Å². The molecule has 2 rings (SSSR count). The summed E-state index contributed by atoms with van der Waals surface area (Å²) in [6, 6.07) is 1.73. The van der Waals surface area contributed by atoms with Crippen molar-refractivity contribution in [3.8, 4) is 5.88 Å². The number of hydrazine groups is 1. The number of hydrogen-bond donors (Lipinski definition) is 5. The number of nitrogens with one attached hydrogen (secondary N) is 3. The van der Waals surface area contributed by atoms with Crippen molar-refractivity contribution in [1.29, 1.82) is 0 Å². The van der Waals surface area contributed by atoms with Gasteiger partial charge in [0.1, 0.15) is 18.2 Å². The van der Waals surface area contributed by atoms with E-state index in [1.807, 2.05) is 38.9 Å². The largest absolute Gasteiger partial charge is 0.476 e. The maximum atomic E-state index is 5.82. The number of anilines is 2. The van der Waals surface area contributed by atoms with E-state index >= 15 is 0 Å². The molecule has 1 aliphatic rings. The number of rotatable bonds is 15. The van der Waals surface area contributed by atoms with Gasteiger partial charge in [-0.25, -0.2) is 0 Å². The Morgan fingerprint density at radius 3 is 2.58 bits per heavy atom. The van der Waals surface area contributed by atoms with Gasteiger partial charge in [-0.3, -0.25) is 5.84 Å². The third-order valence-corrected chi connectivity index (χ3v) is 4.95. The zero-order chi connectivity index (χ0) is 24.4. The summed E-state index contributed by atoms with van der Waals surface area (Å²) in [5, 5.41) is 6.31. The molecule has 0 aliphatic heterocycles. The minimum absolute atomic E-state index is 0.276. The summed E-state index contributed by atoms with van der Waals surface area (Å²) in [6.07, 6.45) is 5.94. The summed E-state index contributed by atoms with van der Waals surface area (Å²) < 4.78 is 5.82. The highest BCUT2D eigenvalue weighted by Gasteiger charge is 2.25. The molecule has 10 heteroatoms. The molecule has 1 aromatic rings. The summed E-state index contributed by atoms with van der Waals surface area (Å²) in [7, 11) is 3.96. The van der Waals surface area contributed by atoms with Crippen molar-refractivity contribution in [2.45, 2.75) is 26.7 Å². The molecule has 0 amide bonds. The van der Waals surface area contributed by atoms with E-state index in [0.29, 0.717) is 41.6 Å². The number of hydrogen-bond acceptors (Lipinski definition) is 10. The van der Waals surface area contributed by atoms with Gasteiger partial charge in [0, 0.05) is 29.9 Å². The maximum Gasteiger partial charge on any atom is 0.228 e. The Hall–Kier alpha value is -3.08. The minimum Gasteiger partial charge on any atom is -0.476 e. The second kappa shape index (κ2) is 12.8. The fourth-order valence-corrected chi connectivity index (χ4v) is 2.70. The smallest absolute Gasteiger partial charge is 0.228 e. The zero-order valence-electron chi connectivity index (χ0n) is 20.1. The first-order valence-corrected chi connectivity index (χ1v) is 11.0. The SMILES string of the molecule is C=C(/C=C(\NN)C1CC1)Nc1cc(OCCN(C)C)nc(NC/C(=C/C(=C)C(C)C)ON)n1. The van der Waals surface area contributed by atoms with E-state index in [-0.39, 0.29) is 12.5 Å². The Labute approximate surface area is 196 Å². The summed E-state index contributed by atoms with van der Waals surface area (Å²) >= 11 is 0. The average Bonchev–Trinajstić information content (AvgIpc) is 3.59. The van der Waals surface area contributed by atoms with Crippen LogP contribution in [0.2, 0.25) is 0 Å². The maximum absolute atomic E-state index is 5.82. The molecular formula is C23H38N8O2. The van der Waals surface area contributed by atoms with Gasteiger partial charge >= 0.3 is 0 Å². The molecule has 33 heavy (non-hydrogen) atoms. The molecule has 0 spiro atoms. The molecule has 0 radical (unpaired) electrons. The fourth-order valence-electron chi connectivity index (χ4n) is 2.70. The first kappa shape index (κ1) is 26.2. The van der Waals surface area contributed by atoms with E-state index in [1.54, 1.807) is 12.1 Å². The molecule has 182 valence electrons. The van der Waals surface area contributed by atoms with Crippen molar-refractivity contribution in [2.75, 3.05) is 44.4 Å². The van der Waals surface area contributed by atoms with Crippen molar-refractivity contribution in [3.05, 3.63) is 54.1 Å². The van der Waals surface area contributed by atoms with E-state index in [0.717, 1.165) is 30.7 Å². The van der Waals surface area contributed by atoms with Crippen LogP contribution in [0.3, 0.4) is 0 Å². The lowest BCUT2D eigenvalue weighted by molar-refractivity contribution is 0.219. The average molecular weight is 459 g/mol. The van der Waals surface area contributed by atoms with Gasteiger partial charge in [-0.1, -0.05) is 27.0 Å². The quantitative estimate of drug-likeness (QED) is 0.115. The topological polar surface area (TPSA) is 136 Å². The van der Waals surface area contributed by atoms with Gasteiger partial charge in [-0.2, -0.15) is 15.9 Å². The van der Waals surface area contributed by atoms with Gasteiger partial charge in [0.25, 0.3) is 0 Å². The lowest BCUT2D eigenvalue weighted by Gasteiger charge is -2.15. The van der Waals surface area contributed by atoms with Crippen LogP contribution in [0, 0.1) is 11.8 Å². The molecule has 0 atom stereocenters. The van der Waals surface area contributed by atoms with Crippen LogP contribution in [0.4, 0.5) is 11.8 Å². The highest BCUT2D eigenvalue weighted by Crippen LogP contribution is 2.35. The highest BCUT2D eigenvalue weighted by molar-refractivity contribution is 5.50. The minimum atomic E-state index is 0.276. The lowest BCUT2D eigenvalue weighted by Crippen LogP contribution is -2.23. The van der Waals surface area contributed by atoms with E-state index < -0.39 is 0 Å². The monoisotopic (exact) mass is 458 g/mol. The number of nitrogens with two attached hydrogens (primary N) is 2. The summed E-state index contributed by atoms with van der Waals surface area (Å²) in [5.74, 6) is 13.6. The molecule has 1 aliphatic carbocycles. The number of allylic oxidation sites excluding steroid dienone is 4. The first-order chi connectivity index (χ1) is 15.7. The number of ether oxygens (including phenoxy) is 1. The molecule has 0 bridgehead atoms. The molecule has 0 saturated heterocycles. The van der Waals surface area contributed by atoms with Crippen LogP contribution in [0.25, 0.3) is 0 Å². The molecule has 1 heterocycles. The standard InChI is InChI=1S/C23H38N8O2/c1-15(2)16(3)11-19(33-25)14-26-23-28-21(13-22(29-23)32-10-9-31(5)6)27-17(4)12-20(30-24)18-7-8-18/h11-13,15,18,30H,3-4,7-10,14,24-25H2,1-2,5-6H3,(H2,26,27,28,29)/b19-11-,20-12-. The lowest BCUT2D eigenvalue weighted by atomic mass is 10.0. The predicted molar refractivity (Wildman–Crippen MR) is 133 cm³/mol. The second-order valence-corrected chi connectivity index (χ2v) is 8.55. The molecule has 1 fully saturated rings. The Bertz CT molecular complexity index is 875. The molecular weight excluding hydrogens is 420 g/mol. The first-order valence-electron chi connectivity index (χ1n) is 11.0. The molecule has 7 N–H and O–H groups in total. The Balaban J connectivity index is 2.16. The summed E-state index contributed by atoms with van der Waals surface area (Å²) in [6.45, 7) is 13.7. The van der Waals surface area contributed by atoms with E-state index in [4.69, 9.17) is 21.3 Å². The van der Waals surface area contributed by atoms with Crippen LogP contribution in [0.1, 0.15) is 26.7 Å². The van der Waals surface area contributed by atoms with Gasteiger partial charge in [-0.05, 0) is 50.6 Å². The van der Waals surface area contributed by atoms with Gasteiger partial charge in [0.05, 0.1) is 6.54 Å². The molecule has 1 saturated carbocycles. The predicted octanol–water partition coefficient (Wildman–Crippen LogP) is 2.50. The van der Waals surface area contributed by atoms with Crippen LogP contribution in [-0.4, -0.2) is 48.7 Å². The number of nitrogens with zero attached hydrogens (tertiary/aromatic N) is 3. The third-order valence-electron chi connectivity index (χ3n) is 4.95. The van der Waals surface area contributed by atoms with E-state index in [9.17, 15) is 0 Å². The van der Waals surface area contributed by atoms with Crippen molar-refractivity contribution >= 4 is 11.8 Å². The number of aromatic nitrogens is 2. The van der Waals surface area contributed by atoms with Crippen LogP contribution >= 0.6 is 0 Å². The summed E-state index contributed by atoms with van der Waals surface area (Å²) in [4.78, 5) is 16.0. The van der Waals surface area contributed by atoms with Crippen molar-refractivity contribution in [3.63, 3.8) is 0 Å². The van der Waals surface area contributed by atoms with Gasteiger partial charge in [-0.15, -0.1) is 0 Å². The Kier molecular flexibility index (Phi) is 10.2. The van der Waals surface area contributed by atoms with Crippen LogP contribution in [0.15, 0.2) is 54.1 Å². The second-order valence-electron chi connectivity index (χ2n) is 8.55. The van der Waals surface area contributed by atoms with E-state index in [2.05, 4.69) is 39.2 Å². The zero-order valence-corrected chi connectivity index (χ0v) is 20.1. The summed E-state index contributed by atoms with van der Waals surface area (Å²) in [5.41, 5.74) is 5.26. The van der Waals surface area contributed by atoms with Gasteiger partial charge < -0.3 is 30.5 Å². The van der Waals surface area contributed by atoms with Crippen LogP contribution in [0.5, 0.6) is 5.88 Å². The molecule has 1 aromatic heterocycles. The molecule has 0 aromatic carbocycles. The van der Waals surface area contributed by atoms with Crippen molar-refractivity contribution in [1.82, 2.24) is 20.3 Å².